The molecule has 102 valence electrons. The van der Waals surface area contributed by atoms with E-state index in [0.29, 0.717) is 12.1 Å². The van der Waals surface area contributed by atoms with E-state index in [0.717, 1.165) is 0 Å². The van der Waals surface area contributed by atoms with Crippen LogP contribution < -0.4 is 16.6 Å². The maximum absolute atomic E-state index is 11.6. The zero-order chi connectivity index (χ0) is 13.6. The smallest absolute Gasteiger partial charge is 0.326 e. The Labute approximate surface area is 107 Å². The molecular formula is C11H14N4O4. The zero-order valence-electron chi connectivity index (χ0n) is 9.96. The van der Waals surface area contributed by atoms with Crippen LogP contribution in [0, 0.1) is 0 Å². The van der Waals surface area contributed by atoms with Crippen molar-refractivity contribution < 1.29 is 10.2 Å². The van der Waals surface area contributed by atoms with Crippen molar-refractivity contribution in [1.82, 2.24) is 15.3 Å². The average molecular weight is 266 g/mol. The number of aliphatic hydroxyl groups excluding tert-OH is 2. The molecule has 0 aliphatic carbocycles. The van der Waals surface area contributed by atoms with E-state index in [2.05, 4.69) is 20.3 Å². The predicted molar refractivity (Wildman–Crippen MR) is 67.0 cm³/mol. The fraction of sp³-hybridized carbons (Fsp3) is 0.545. The normalized spacial score (nSPS) is 32.7. The van der Waals surface area contributed by atoms with Crippen LogP contribution in [0.3, 0.4) is 0 Å². The molecule has 3 rings (SSSR count). The second-order valence-corrected chi connectivity index (χ2v) is 4.84. The lowest BCUT2D eigenvalue weighted by Gasteiger charge is -2.17. The number of aliphatic imine (C=N–C) groups is 1. The van der Waals surface area contributed by atoms with Gasteiger partial charge in [-0.1, -0.05) is 0 Å². The van der Waals surface area contributed by atoms with Gasteiger partial charge < -0.3 is 20.5 Å². The summed E-state index contributed by atoms with van der Waals surface area (Å²) in [5.74, 6) is -0.281. The van der Waals surface area contributed by atoms with Gasteiger partial charge in [0.05, 0.1) is 30.4 Å². The minimum absolute atomic E-state index is 0.166. The Kier molecular flexibility index (Phi) is 2.85. The highest BCUT2D eigenvalue weighted by molar-refractivity contribution is 5.79. The maximum atomic E-state index is 11.6. The van der Waals surface area contributed by atoms with Crippen molar-refractivity contribution in [3.63, 3.8) is 0 Å². The van der Waals surface area contributed by atoms with Crippen LogP contribution in [0.25, 0.3) is 0 Å². The predicted octanol–water partition coefficient (Wildman–Crippen LogP) is -2.05. The summed E-state index contributed by atoms with van der Waals surface area (Å²) < 4.78 is 0. The van der Waals surface area contributed by atoms with Crippen molar-refractivity contribution in [2.75, 3.05) is 6.61 Å². The third-order valence-electron chi connectivity index (χ3n) is 3.66. The van der Waals surface area contributed by atoms with Crippen LogP contribution in [-0.4, -0.2) is 51.2 Å². The molecule has 3 heterocycles. The molecular weight excluding hydrogens is 252 g/mol. The molecule has 0 amide bonds. The molecule has 4 atom stereocenters. The molecule has 0 bridgehead atoms. The molecule has 1 fully saturated rings. The van der Waals surface area contributed by atoms with Crippen LogP contribution in [0.5, 0.6) is 0 Å². The van der Waals surface area contributed by atoms with Crippen molar-refractivity contribution in [2.24, 2.45) is 4.99 Å². The van der Waals surface area contributed by atoms with Gasteiger partial charge in [0, 0.05) is 12.3 Å². The SMILES string of the molecule is O=c1[nH]c2c(c(=O)[nH]1)N=CC2[C@@H]1C[C@@H](O)[C@H](CO)N1. The van der Waals surface area contributed by atoms with Crippen LogP contribution in [-0.2, 0) is 0 Å². The second kappa shape index (κ2) is 4.41. The summed E-state index contributed by atoms with van der Waals surface area (Å²) in [6.45, 7) is -0.166. The molecule has 2 aliphatic rings. The van der Waals surface area contributed by atoms with Gasteiger partial charge >= 0.3 is 5.69 Å². The van der Waals surface area contributed by atoms with Crippen molar-refractivity contribution in [1.29, 1.82) is 0 Å². The molecule has 1 aromatic heterocycles. The van der Waals surface area contributed by atoms with Gasteiger partial charge in [0.25, 0.3) is 5.56 Å². The number of aromatic amines is 2. The molecule has 0 radical (unpaired) electrons. The van der Waals surface area contributed by atoms with Crippen LogP contribution in [0.4, 0.5) is 5.69 Å². The van der Waals surface area contributed by atoms with Gasteiger partial charge in [0.1, 0.15) is 5.69 Å². The number of nitrogens with zero attached hydrogens (tertiary/aromatic N) is 1. The standard InChI is InChI=1S/C11H14N4O4/c16-3-6-7(17)1-5(13-6)4-2-12-9-8(4)14-11(19)15-10(9)18/h2,4-7,13,16-17H,1,3H2,(H2,14,15,18,19)/t4?,5-,6-,7+/m0/s1. The molecule has 19 heavy (non-hydrogen) atoms. The van der Waals surface area contributed by atoms with Crippen LogP contribution in [0.1, 0.15) is 18.0 Å². The molecule has 8 heteroatoms. The zero-order valence-corrected chi connectivity index (χ0v) is 9.96. The minimum atomic E-state index is -0.652. The first-order chi connectivity index (χ1) is 9.10. The lowest BCUT2D eigenvalue weighted by Crippen LogP contribution is -2.39. The Hall–Kier alpha value is -1.77. The number of hydrogen-bond acceptors (Lipinski definition) is 6. The van der Waals surface area contributed by atoms with E-state index in [-0.39, 0.29) is 24.3 Å². The molecule has 1 unspecified atom stereocenters. The topological polar surface area (TPSA) is 131 Å². The van der Waals surface area contributed by atoms with E-state index in [1.165, 1.54) is 0 Å². The average Bonchev–Trinajstić information content (AvgIpc) is 2.92. The molecule has 0 saturated carbocycles. The lowest BCUT2D eigenvalue weighted by molar-refractivity contribution is 0.121. The van der Waals surface area contributed by atoms with Crippen LogP contribution >= 0.6 is 0 Å². The highest BCUT2D eigenvalue weighted by Gasteiger charge is 2.39. The Morgan fingerprint density at radius 2 is 2.16 bits per heavy atom. The van der Waals surface area contributed by atoms with E-state index in [9.17, 15) is 14.7 Å². The molecule has 1 saturated heterocycles. The largest absolute Gasteiger partial charge is 0.395 e. The van der Waals surface area contributed by atoms with E-state index in [1.54, 1.807) is 6.21 Å². The van der Waals surface area contributed by atoms with Gasteiger partial charge in [-0.25, -0.2) is 4.79 Å². The molecule has 0 spiro atoms. The van der Waals surface area contributed by atoms with E-state index < -0.39 is 23.4 Å². The summed E-state index contributed by atoms with van der Waals surface area (Å²) >= 11 is 0. The van der Waals surface area contributed by atoms with Crippen molar-refractivity contribution >= 4 is 11.9 Å². The van der Waals surface area contributed by atoms with Crippen molar-refractivity contribution in [3.05, 3.63) is 26.5 Å². The van der Waals surface area contributed by atoms with Crippen molar-refractivity contribution in [3.8, 4) is 0 Å². The number of fused-ring (bicyclic) bond motifs is 1. The van der Waals surface area contributed by atoms with E-state index in [4.69, 9.17) is 5.11 Å². The Morgan fingerprint density at radius 3 is 2.84 bits per heavy atom. The monoisotopic (exact) mass is 266 g/mol. The highest BCUT2D eigenvalue weighted by atomic mass is 16.3. The first-order valence-corrected chi connectivity index (χ1v) is 6.06. The second-order valence-electron chi connectivity index (χ2n) is 4.84. The fourth-order valence-electron chi connectivity index (χ4n) is 2.70. The summed E-state index contributed by atoms with van der Waals surface area (Å²) in [7, 11) is 0. The molecule has 1 aromatic rings. The van der Waals surface area contributed by atoms with Gasteiger partial charge in [0.2, 0.25) is 0 Å². The van der Waals surface area contributed by atoms with Crippen molar-refractivity contribution in [2.45, 2.75) is 30.5 Å². The van der Waals surface area contributed by atoms with E-state index >= 15 is 0 Å². The van der Waals surface area contributed by atoms with Gasteiger partial charge in [-0.15, -0.1) is 0 Å². The number of hydrogen-bond donors (Lipinski definition) is 5. The number of aliphatic hydroxyl groups is 2. The van der Waals surface area contributed by atoms with Crippen LogP contribution in [0.15, 0.2) is 14.6 Å². The molecule has 2 aliphatic heterocycles. The number of nitrogens with one attached hydrogen (secondary N) is 3. The van der Waals surface area contributed by atoms with Crippen LogP contribution in [0.2, 0.25) is 0 Å². The first-order valence-electron chi connectivity index (χ1n) is 6.06. The minimum Gasteiger partial charge on any atom is -0.395 e. The summed E-state index contributed by atoms with van der Waals surface area (Å²) in [4.78, 5) is 31.6. The number of rotatable bonds is 2. The van der Waals surface area contributed by atoms with Gasteiger partial charge in [-0.05, 0) is 6.42 Å². The molecule has 5 N–H and O–H groups in total. The number of H-pyrrole nitrogens is 2. The third kappa shape index (κ3) is 1.93. The van der Waals surface area contributed by atoms with Gasteiger partial charge in [-0.2, -0.15) is 0 Å². The van der Waals surface area contributed by atoms with E-state index in [1.807, 2.05) is 0 Å². The Balaban J connectivity index is 1.94. The number of aromatic nitrogens is 2. The van der Waals surface area contributed by atoms with Gasteiger partial charge in [-0.3, -0.25) is 14.8 Å². The molecule has 0 aromatic carbocycles. The first kappa shape index (κ1) is 12.3. The lowest BCUT2D eigenvalue weighted by atomic mass is 9.96. The quantitative estimate of drug-likeness (QED) is 0.420. The highest BCUT2D eigenvalue weighted by Crippen LogP contribution is 2.32. The summed E-state index contributed by atoms with van der Waals surface area (Å²) in [5.41, 5.74) is -0.434. The van der Waals surface area contributed by atoms with Gasteiger partial charge in [0.15, 0.2) is 0 Å². The summed E-state index contributed by atoms with van der Waals surface area (Å²) in [5, 5.41) is 22.0. The Bertz CT molecular complexity index is 634. The fourth-order valence-corrected chi connectivity index (χ4v) is 2.70. The summed E-state index contributed by atoms with van der Waals surface area (Å²) in [6.07, 6.45) is 1.36. The molecule has 8 nitrogen and oxygen atoms in total. The maximum Gasteiger partial charge on any atom is 0.326 e. The third-order valence-corrected chi connectivity index (χ3v) is 3.66. The summed E-state index contributed by atoms with van der Waals surface area (Å²) in [6, 6.07) is -0.564. The Morgan fingerprint density at radius 1 is 1.37 bits per heavy atom.